The summed E-state index contributed by atoms with van der Waals surface area (Å²) in [5, 5.41) is 27.5. The van der Waals surface area contributed by atoms with E-state index in [1.54, 1.807) is 30.3 Å². The first kappa shape index (κ1) is 18.4. The molecule has 0 aliphatic carbocycles. The molecule has 1 aromatic carbocycles. The number of hydrogen-bond acceptors (Lipinski definition) is 4. The third-order valence-corrected chi connectivity index (χ3v) is 5.34. The van der Waals surface area contributed by atoms with Crippen LogP contribution in [-0.2, 0) is 20.6 Å². The van der Waals surface area contributed by atoms with Crippen LogP contribution in [0.3, 0.4) is 0 Å². The molecular formula is C14H19O7P. The number of benzene rings is 1. The second-order valence-corrected chi connectivity index (χ2v) is 7.55. The Balaban J connectivity index is 2.71. The summed E-state index contributed by atoms with van der Waals surface area (Å²) in [5.74, 6) is -5.38. The minimum Gasteiger partial charge on any atom is -0.481 e. The number of hydrogen-bond donors (Lipinski definition) is 4. The molecule has 1 rings (SSSR count). The Morgan fingerprint density at radius 1 is 1.14 bits per heavy atom. The van der Waals surface area contributed by atoms with Crippen molar-refractivity contribution in [1.82, 2.24) is 0 Å². The van der Waals surface area contributed by atoms with E-state index in [0.717, 1.165) is 0 Å². The van der Waals surface area contributed by atoms with Crippen molar-refractivity contribution >= 4 is 19.3 Å². The van der Waals surface area contributed by atoms with Gasteiger partial charge in [0, 0.05) is 19.0 Å². The highest BCUT2D eigenvalue weighted by atomic mass is 31.2. The molecule has 0 radical (unpaired) electrons. The molecule has 0 bridgehead atoms. The van der Waals surface area contributed by atoms with Gasteiger partial charge in [-0.05, 0) is 12.0 Å². The highest BCUT2D eigenvalue weighted by Gasteiger charge is 2.35. The fraction of sp³-hybridized carbons (Fsp3) is 0.429. The van der Waals surface area contributed by atoms with E-state index in [2.05, 4.69) is 0 Å². The Bertz CT molecular complexity index is 558. The van der Waals surface area contributed by atoms with Crippen LogP contribution in [0.25, 0.3) is 0 Å². The van der Waals surface area contributed by atoms with Crippen molar-refractivity contribution in [3.8, 4) is 0 Å². The fourth-order valence-electron chi connectivity index (χ4n) is 2.00. The summed E-state index contributed by atoms with van der Waals surface area (Å²) in [7, 11) is -4.14. The molecule has 0 saturated carbocycles. The summed E-state index contributed by atoms with van der Waals surface area (Å²) in [5.41, 5.74) is 0.654. The van der Waals surface area contributed by atoms with E-state index in [4.69, 9.17) is 10.2 Å². The summed E-state index contributed by atoms with van der Waals surface area (Å²) in [6.45, 7) is 0. The van der Waals surface area contributed by atoms with Gasteiger partial charge in [-0.1, -0.05) is 30.3 Å². The van der Waals surface area contributed by atoms with Gasteiger partial charge in [0.1, 0.15) is 5.85 Å². The monoisotopic (exact) mass is 330 g/mol. The lowest BCUT2D eigenvalue weighted by Crippen LogP contribution is -2.23. The molecule has 0 saturated heterocycles. The second kappa shape index (κ2) is 8.08. The standard InChI is InChI=1S/C14H19O7P/c15-12(16)7-6-11(14(18)19)9-22(20,21)13(17)8-10-4-2-1-3-5-10/h1-5,11,13,17H,6-9H2,(H,15,16)(H,18,19)(H,20,21). The normalized spacial score (nSPS) is 16.5. The average Bonchev–Trinajstić information content (AvgIpc) is 2.44. The largest absolute Gasteiger partial charge is 0.481 e. The quantitative estimate of drug-likeness (QED) is 0.503. The van der Waals surface area contributed by atoms with Crippen LogP contribution in [0.1, 0.15) is 18.4 Å². The van der Waals surface area contributed by atoms with Crippen LogP contribution in [-0.4, -0.2) is 44.2 Å². The maximum absolute atomic E-state index is 12.2. The van der Waals surface area contributed by atoms with Crippen LogP contribution in [0.5, 0.6) is 0 Å². The number of carbonyl (C=O) groups is 2. The van der Waals surface area contributed by atoms with E-state index in [1.807, 2.05) is 0 Å². The van der Waals surface area contributed by atoms with Crippen LogP contribution in [0, 0.1) is 5.92 Å². The molecule has 0 heterocycles. The number of aliphatic hydroxyl groups excluding tert-OH is 1. The summed E-state index contributed by atoms with van der Waals surface area (Å²) in [6.07, 6.45) is -1.39. The molecule has 0 fully saturated rings. The van der Waals surface area contributed by atoms with Gasteiger partial charge in [0.05, 0.1) is 5.92 Å². The zero-order valence-electron chi connectivity index (χ0n) is 11.8. The lowest BCUT2D eigenvalue weighted by Gasteiger charge is -2.21. The van der Waals surface area contributed by atoms with E-state index in [-0.39, 0.29) is 12.8 Å². The molecule has 0 aliphatic rings. The summed E-state index contributed by atoms with van der Waals surface area (Å²) in [4.78, 5) is 31.5. The second-order valence-electron chi connectivity index (χ2n) is 5.08. The fourth-order valence-corrected chi connectivity index (χ4v) is 3.71. The van der Waals surface area contributed by atoms with E-state index in [9.17, 15) is 24.2 Å². The van der Waals surface area contributed by atoms with Crippen molar-refractivity contribution in [3.05, 3.63) is 35.9 Å². The number of aliphatic carboxylic acids is 2. The molecule has 7 nitrogen and oxygen atoms in total. The SMILES string of the molecule is O=C(O)CCC(CP(=O)(O)C(O)Cc1ccccc1)C(=O)O. The molecule has 3 unspecified atom stereocenters. The zero-order chi connectivity index (χ0) is 16.8. The first-order valence-electron chi connectivity index (χ1n) is 6.70. The van der Waals surface area contributed by atoms with Gasteiger partial charge >= 0.3 is 11.9 Å². The van der Waals surface area contributed by atoms with Crippen LogP contribution < -0.4 is 0 Å². The third kappa shape index (κ3) is 5.97. The first-order valence-corrected chi connectivity index (χ1v) is 8.62. The zero-order valence-corrected chi connectivity index (χ0v) is 12.7. The maximum Gasteiger partial charge on any atom is 0.307 e. The van der Waals surface area contributed by atoms with E-state index in [1.165, 1.54) is 0 Å². The molecule has 3 atom stereocenters. The van der Waals surface area contributed by atoms with Crippen molar-refractivity contribution in [2.45, 2.75) is 25.1 Å². The molecular weight excluding hydrogens is 311 g/mol. The predicted molar refractivity (Wildman–Crippen MR) is 78.8 cm³/mol. The minimum absolute atomic E-state index is 0.0696. The molecule has 0 spiro atoms. The highest BCUT2D eigenvalue weighted by Crippen LogP contribution is 2.48. The minimum atomic E-state index is -4.14. The van der Waals surface area contributed by atoms with Gasteiger partial charge in [-0.15, -0.1) is 0 Å². The summed E-state index contributed by atoms with van der Waals surface area (Å²) >= 11 is 0. The van der Waals surface area contributed by atoms with Crippen LogP contribution in [0.4, 0.5) is 0 Å². The van der Waals surface area contributed by atoms with Crippen molar-refractivity contribution in [2.24, 2.45) is 5.92 Å². The summed E-state index contributed by atoms with van der Waals surface area (Å²) < 4.78 is 12.2. The molecule has 122 valence electrons. The van der Waals surface area contributed by atoms with Gasteiger partial charge in [0.2, 0.25) is 7.37 Å². The van der Waals surface area contributed by atoms with Crippen molar-refractivity contribution in [3.63, 3.8) is 0 Å². The van der Waals surface area contributed by atoms with Gasteiger partial charge in [-0.2, -0.15) is 0 Å². The molecule has 22 heavy (non-hydrogen) atoms. The maximum atomic E-state index is 12.2. The van der Waals surface area contributed by atoms with E-state index < -0.39 is 43.7 Å². The number of aliphatic hydroxyl groups is 1. The van der Waals surface area contributed by atoms with Gasteiger partial charge in [-0.25, -0.2) is 0 Å². The third-order valence-electron chi connectivity index (χ3n) is 3.26. The summed E-state index contributed by atoms with van der Waals surface area (Å²) in [6, 6.07) is 8.57. The van der Waals surface area contributed by atoms with Crippen LogP contribution in [0.2, 0.25) is 0 Å². The number of carboxylic acids is 2. The van der Waals surface area contributed by atoms with Gasteiger partial charge in [0.25, 0.3) is 0 Å². The van der Waals surface area contributed by atoms with E-state index in [0.29, 0.717) is 5.56 Å². The van der Waals surface area contributed by atoms with Crippen LogP contribution >= 0.6 is 7.37 Å². The molecule has 8 heteroatoms. The lowest BCUT2D eigenvalue weighted by molar-refractivity contribution is -0.142. The molecule has 1 aromatic rings. The molecule has 0 aromatic heterocycles. The Labute approximate surface area is 127 Å². The molecule has 0 amide bonds. The highest BCUT2D eigenvalue weighted by molar-refractivity contribution is 7.58. The van der Waals surface area contributed by atoms with E-state index >= 15 is 0 Å². The van der Waals surface area contributed by atoms with Gasteiger partial charge < -0.3 is 20.2 Å². The lowest BCUT2D eigenvalue weighted by atomic mass is 10.1. The van der Waals surface area contributed by atoms with Crippen molar-refractivity contribution < 1.29 is 34.4 Å². The molecule has 4 N–H and O–H groups in total. The van der Waals surface area contributed by atoms with Crippen molar-refractivity contribution in [2.75, 3.05) is 6.16 Å². The number of rotatable bonds is 9. The Morgan fingerprint density at radius 2 is 1.73 bits per heavy atom. The van der Waals surface area contributed by atoms with Crippen LogP contribution in [0.15, 0.2) is 30.3 Å². The average molecular weight is 330 g/mol. The van der Waals surface area contributed by atoms with Gasteiger partial charge in [-0.3, -0.25) is 14.2 Å². The Morgan fingerprint density at radius 3 is 2.23 bits per heavy atom. The van der Waals surface area contributed by atoms with Crippen molar-refractivity contribution in [1.29, 1.82) is 0 Å². The number of carboxylic acid groups (broad SMARTS) is 2. The van der Waals surface area contributed by atoms with Gasteiger partial charge in [0.15, 0.2) is 0 Å². The Kier molecular flexibility index (Phi) is 6.74. The Hall–Kier alpha value is -1.69. The first-order chi connectivity index (χ1) is 10.2. The topological polar surface area (TPSA) is 132 Å². The molecule has 0 aliphatic heterocycles. The predicted octanol–water partition coefficient (Wildman–Crippen LogP) is 1.38. The smallest absolute Gasteiger partial charge is 0.307 e.